The van der Waals surface area contributed by atoms with Crippen LogP contribution in [0.25, 0.3) is 0 Å². The summed E-state index contributed by atoms with van der Waals surface area (Å²) in [6, 6.07) is 4.81. The van der Waals surface area contributed by atoms with Crippen LogP contribution in [0.15, 0.2) is 24.4 Å². The quantitative estimate of drug-likeness (QED) is 0.219. The Morgan fingerprint density at radius 3 is 2.58 bits per heavy atom. The van der Waals surface area contributed by atoms with Gasteiger partial charge in [0, 0.05) is 6.20 Å². The van der Waals surface area contributed by atoms with Gasteiger partial charge in [-0.3, -0.25) is 20.6 Å². The minimum absolute atomic E-state index is 0.108. The lowest BCUT2D eigenvalue weighted by molar-refractivity contribution is -0.232. The number of pyridine rings is 1. The fourth-order valence-corrected chi connectivity index (χ4v) is 2.23. The summed E-state index contributed by atoms with van der Waals surface area (Å²) in [4.78, 5) is 15.6. The minimum Gasteiger partial charge on any atom is -0.394 e. The summed E-state index contributed by atoms with van der Waals surface area (Å²) >= 11 is 4.94. The SMILES string of the molecule is O=C(NNC(=S)N[C@@H]1O[C@H](CO)[C@@H](O)[C@H](O)[C@H]1O)c1ccccn1. The van der Waals surface area contributed by atoms with E-state index in [0.717, 1.165) is 0 Å². The Labute approximate surface area is 142 Å². The van der Waals surface area contributed by atoms with E-state index in [1.807, 2.05) is 0 Å². The molecule has 0 saturated carbocycles. The maximum Gasteiger partial charge on any atom is 0.288 e. The largest absolute Gasteiger partial charge is 0.394 e. The monoisotopic (exact) mass is 358 g/mol. The molecule has 11 heteroatoms. The Morgan fingerprint density at radius 1 is 1.21 bits per heavy atom. The number of carbonyl (C=O) groups excluding carboxylic acids is 1. The lowest BCUT2D eigenvalue weighted by atomic mass is 9.98. The molecule has 1 fully saturated rings. The number of hydrogen-bond acceptors (Lipinski definition) is 8. The predicted molar refractivity (Wildman–Crippen MR) is 84.3 cm³/mol. The average Bonchev–Trinajstić information content (AvgIpc) is 2.60. The first-order valence-electron chi connectivity index (χ1n) is 7.02. The van der Waals surface area contributed by atoms with Crippen molar-refractivity contribution in [1.29, 1.82) is 0 Å². The number of aliphatic hydroxyl groups is 4. The summed E-state index contributed by atoms with van der Waals surface area (Å²) in [5, 5.41) is 40.7. The molecule has 2 rings (SSSR count). The van der Waals surface area contributed by atoms with E-state index < -0.39 is 43.2 Å². The molecule has 7 N–H and O–H groups in total. The molecule has 0 bridgehead atoms. The van der Waals surface area contributed by atoms with Gasteiger partial charge in [-0.2, -0.15) is 0 Å². The molecule has 10 nitrogen and oxygen atoms in total. The number of nitrogens with zero attached hydrogens (tertiary/aromatic N) is 1. The van der Waals surface area contributed by atoms with Gasteiger partial charge in [-0.05, 0) is 24.4 Å². The third-order valence-electron chi connectivity index (χ3n) is 3.35. The zero-order chi connectivity index (χ0) is 17.7. The van der Waals surface area contributed by atoms with Gasteiger partial charge in [0.15, 0.2) is 11.3 Å². The van der Waals surface area contributed by atoms with Crippen molar-refractivity contribution in [2.75, 3.05) is 6.61 Å². The molecule has 24 heavy (non-hydrogen) atoms. The van der Waals surface area contributed by atoms with E-state index in [9.17, 15) is 20.1 Å². The van der Waals surface area contributed by atoms with Gasteiger partial charge < -0.3 is 30.5 Å². The Balaban J connectivity index is 1.86. The standard InChI is InChI=1S/C13H18N4O6S/c18-5-7-8(19)9(20)10(21)12(23-7)15-13(24)17-16-11(22)6-3-1-2-4-14-6/h1-4,7-10,12,18-21H,5H2,(H,16,22)(H2,15,17,24)/t7-,8-,9+,10-,12-/m1/s1. The molecule has 0 spiro atoms. The van der Waals surface area contributed by atoms with Gasteiger partial charge >= 0.3 is 0 Å². The number of ether oxygens (including phenoxy) is 1. The number of thiocarbonyl (C=S) groups is 1. The van der Waals surface area contributed by atoms with Crippen molar-refractivity contribution < 1.29 is 30.0 Å². The second-order valence-electron chi connectivity index (χ2n) is 5.02. The van der Waals surface area contributed by atoms with Gasteiger partial charge in [-0.25, -0.2) is 0 Å². The predicted octanol–water partition coefficient (Wildman–Crippen LogP) is -3.01. The zero-order valence-electron chi connectivity index (χ0n) is 12.4. The van der Waals surface area contributed by atoms with Crippen molar-refractivity contribution in [3.8, 4) is 0 Å². The molecule has 1 aliphatic heterocycles. The summed E-state index contributed by atoms with van der Waals surface area (Å²) < 4.78 is 5.22. The first-order valence-corrected chi connectivity index (χ1v) is 7.43. The van der Waals surface area contributed by atoms with Crippen molar-refractivity contribution in [2.24, 2.45) is 0 Å². The smallest absolute Gasteiger partial charge is 0.288 e. The van der Waals surface area contributed by atoms with Crippen LogP contribution >= 0.6 is 12.2 Å². The van der Waals surface area contributed by atoms with Gasteiger partial charge in [0.25, 0.3) is 5.91 Å². The number of amides is 1. The van der Waals surface area contributed by atoms with Crippen molar-refractivity contribution in [3.05, 3.63) is 30.1 Å². The zero-order valence-corrected chi connectivity index (χ0v) is 13.2. The van der Waals surface area contributed by atoms with E-state index in [1.165, 1.54) is 12.3 Å². The van der Waals surface area contributed by atoms with Crippen LogP contribution in [0.4, 0.5) is 0 Å². The van der Waals surface area contributed by atoms with Crippen molar-refractivity contribution in [3.63, 3.8) is 0 Å². The van der Waals surface area contributed by atoms with E-state index in [4.69, 9.17) is 22.1 Å². The van der Waals surface area contributed by atoms with Gasteiger partial charge in [-0.15, -0.1) is 0 Å². The summed E-state index contributed by atoms with van der Waals surface area (Å²) in [5.41, 5.74) is 4.85. The Kier molecular flexibility index (Phi) is 6.36. The number of aromatic nitrogens is 1. The number of hydrogen-bond donors (Lipinski definition) is 7. The summed E-state index contributed by atoms with van der Waals surface area (Å²) in [7, 11) is 0. The lowest BCUT2D eigenvalue weighted by Gasteiger charge is -2.40. The van der Waals surface area contributed by atoms with E-state index in [0.29, 0.717) is 0 Å². The molecule has 1 aromatic heterocycles. The molecule has 0 radical (unpaired) electrons. The molecule has 1 aromatic rings. The van der Waals surface area contributed by atoms with Crippen LogP contribution in [-0.2, 0) is 4.74 Å². The molecule has 0 unspecified atom stereocenters. The molecule has 0 aromatic carbocycles. The average molecular weight is 358 g/mol. The second-order valence-corrected chi connectivity index (χ2v) is 5.43. The summed E-state index contributed by atoms with van der Waals surface area (Å²) in [6.07, 6.45) is -5.28. The Hall–Kier alpha value is -1.89. The highest BCUT2D eigenvalue weighted by Crippen LogP contribution is 2.19. The molecule has 1 amide bonds. The highest BCUT2D eigenvalue weighted by Gasteiger charge is 2.43. The fourth-order valence-electron chi connectivity index (χ4n) is 2.06. The maximum atomic E-state index is 11.8. The first kappa shape index (κ1) is 18.4. The third-order valence-corrected chi connectivity index (χ3v) is 3.57. The van der Waals surface area contributed by atoms with Gasteiger partial charge in [0.1, 0.15) is 30.1 Å². The second kappa shape index (κ2) is 8.28. The Bertz CT molecular complexity index is 575. The number of nitrogens with one attached hydrogen (secondary N) is 3. The third kappa shape index (κ3) is 4.35. The van der Waals surface area contributed by atoms with Gasteiger partial charge in [-0.1, -0.05) is 6.07 Å². The van der Waals surface area contributed by atoms with Crippen molar-refractivity contribution >= 4 is 23.2 Å². The molecule has 5 atom stereocenters. The van der Waals surface area contributed by atoms with E-state index in [-0.39, 0.29) is 10.8 Å². The summed E-state index contributed by atoms with van der Waals surface area (Å²) in [6.45, 7) is -0.556. The van der Waals surface area contributed by atoms with Gasteiger partial charge in [0.05, 0.1) is 6.61 Å². The summed E-state index contributed by atoms with van der Waals surface area (Å²) in [5.74, 6) is -0.534. The molecule has 1 saturated heterocycles. The van der Waals surface area contributed by atoms with Gasteiger partial charge in [0.2, 0.25) is 0 Å². The molecular weight excluding hydrogens is 340 g/mol. The van der Waals surface area contributed by atoms with Crippen LogP contribution in [-0.4, -0.2) is 73.7 Å². The molecular formula is C13H18N4O6S. The van der Waals surface area contributed by atoms with E-state index in [2.05, 4.69) is 21.2 Å². The van der Waals surface area contributed by atoms with E-state index in [1.54, 1.807) is 12.1 Å². The minimum atomic E-state index is -1.53. The number of aliphatic hydroxyl groups excluding tert-OH is 4. The molecule has 1 aliphatic rings. The van der Waals surface area contributed by atoms with Crippen LogP contribution in [0.5, 0.6) is 0 Å². The van der Waals surface area contributed by atoms with Crippen LogP contribution in [0.3, 0.4) is 0 Å². The molecule has 132 valence electrons. The maximum absolute atomic E-state index is 11.8. The van der Waals surface area contributed by atoms with Crippen LogP contribution in [0, 0.1) is 0 Å². The number of hydrazine groups is 1. The Morgan fingerprint density at radius 2 is 1.96 bits per heavy atom. The fraction of sp³-hybridized carbons (Fsp3) is 0.462. The molecule has 2 heterocycles. The highest BCUT2D eigenvalue weighted by molar-refractivity contribution is 7.80. The van der Waals surface area contributed by atoms with E-state index >= 15 is 0 Å². The van der Waals surface area contributed by atoms with Crippen LogP contribution < -0.4 is 16.2 Å². The lowest BCUT2D eigenvalue weighted by Crippen LogP contribution is -2.64. The number of rotatable bonds is 3. The molecule has 0 aliphatic carbocycles. The van der Waals surface area contributed by atoms with Crippen LogP contribution in [0.2, 0.25) is 0 Å². The van der Waals surface area contributed by atoms with Crippen molar-refractivity contribution in [2.45, 2.75) is 30.6 Å². The number of carbonyl (C=O) groups is 1. The highest BCUT2D eigenvalue weighted by atomic mass is 32.1. The topological polar surface area (TPSA) is 156 Å². The van der Waals surface area contributed by atoms with Crippen LogP contribution in [0.1, 0.15) is 10.5 Å². The first-order chi connectivity index (χ1) is 11.4. The normalized spacial score (nSPS) is 29.6. The van der Waals surface area contributed by atoms with Crippen molar-refractivity contribution in [1.82, 2.24) is 21.2 Å².